The Morgan fingerprint density at radius 2 is 1.94 bits per heavy atom. The van der Waals surface area contributed by atoms with E-state index in [1.54, 1.807) is 22.9 Å². The third-order valence-corrected chi connectivity index (χ3v) is 9.56. The zero-order chi connectivity index (χ0) is 35.3. The lowest BCUT2D eigenvalue weighted by Crippen LogP contribution is -2.45. The van der Waals surface area contributed by atoms with E-state index in [9.17, 15) is 27.9 Å². The summed E-state index contributed by atoms with van der Waals surface area (Å²) in [6.07, 6.45) is 2.07. The molecule has 0 radical (unpaired) electrons. The van der Waals surface area contributed by atoms with Gasteiger partial charge < -0.3 is 15.7 Å². The zero-order valence-electron chi connectivity index (χ0n) is 28.2. The normalized spacial score (nSPS) is 25.8. The predicted octanol–water partition coefficient (Wildman–Crippen LogP) is 4.27. The molecule has 3 aliphatic carbocycles. The van der Waals surface area contributed by atoms with Crippen LogP contribution in [0.25, 0.3) is 33.3 Å². The molecule has 246 valence electrons. The average Bonchev–Trinajstić information content (AvgIpc) is 3.31. The number of halogens is 3. The number of pyridine rings is 2. The Hall–Kier alpha value is -4.73. The van der Waals surface area contributed by atoms with Crippen LogP contribution in [0.4, 0.5) is 24.8 Å². The Morgan fingerprint density at radius 1 is 1.13 bits per heavy atom. The average molecular weight is 654 g/mol. The highest BCUT2D eigenvalue weighted by Gasteiger charge is 2.41. The number of alkyl halides is 3. The van der Waals surface area contributed by atoms with Crippen molar-refractivity contribution in [1.29, 1.82) is 0 Å². The molecule has 8 rings (SSSR count). The van der Waals surface area contributed by atoms with E-state index in [4.69, 9.17) is 4.11 Å². The first kappa shape index (κ1) is 26.4. The maximum Gasteiger partial charge on any atom is 0.504 e. The van der Waals surface area contributed by atoms with Crippen molar-refractivity contribution in [3.8, 4) is 11.3 Å². The number of fused-ring (bicyclic) bond motifs is 2. The Labute approximate surface area is 269 Å². The second kappa shape index (κ2) is 10.4. The van der Waals surface area contributed by atoms with Crippen LogP contribution in [0, 0.1) is 5.92 Å². The van der Waals surface area contributed by atoms with Gasteiger partial charge in [-0.1, -0.05) is 0 Å². The van der Waals surface area contributed by atoms with Gasteiger partial charge in [-0.3, -0.25) is 18.6 Å². The number of carbonyl (C=O) groups excluding carboxylic acids is 1. The molecule has 13 nitrogen and oxygen atoms in total. The summed E-state index contributed by atoms with van der Waals surface area (Å²) in [7, 11) is 0. The van der Waals surface area contributed by atoms with Crippen molar-refractivity contribution in [2.75, 3.05) is 5.32 Å². The van der Waals surface area contributed by atoms with Gasteiger partial charge in [0.2, 0.25) is 5.91 Å². The fourth-order valence-electron chi connectivity index (χ4n) is 6.88. The summed E-state index contributed by atoms with van der Waals surface area (Å²) >= 11 is 0. The number of rotatable bonds is 7. The van der Waals surface area contributed by atoms with Crippen LogP contribution in [-0.4, -0.2) is 61.3 Å². The monoisotopic (exact) mass is 653 g/mol. The van der Waals surface area contributed by atoms with E-state index in [2.05, 4.69) is 30.8 Å². The SMILES string of the molecule is [2H]C([2H])([2H])n1c(=O)n([C@@H]2CC[C@](C)(NC(=O)C3CC3)C2)c2cc(Nc3ccc4nn(C5CC(O)C5)c(-c5cnn(C(F)(F)F)c5)c4n3)ncc21. The lowest BCUT2D eigenvalue weighted by Gasteiger charge is -2.32. The van der Waals surface area contributed by atoms with Gasteiger partial charge >= 0.3 is 12.0 Å². The highest BCUT2D eigenvalue weighted by atomic mass is 19.4. The largest absolute Gasteiger partial charge is 0.504 e. The Balaban J connectivity index is 1.16. The highest BCUT2D eigenvalue weighted by molar-refractivity contribution is 5.91. The van der Waals surface area contributed by atoms with E-state index in [1.807, 2.05) is 6.92 Å². The van der Waals surface area contributed by atoms with Crippen molar-refractivity contribution in [3.63, 3.8) is 0 Å². The van der Waals surface area contributed by atoms with Crippen LogP contribution < -0.4 is 16.3 Å². The first-order chi connectivity index (χ1) is 23.6. The predicted molar refractivity (Wildman–Crippen MR) is 165 cm³/mol. The van der Waals surface area contributed by atoms with E-state index in [-0.39, 0.29) is 51.3 Å². The summed E-state index contributed by atoms with van der Waals surface area (Å²) in [5, 5.41) is 24.3. The third kappa shape index (κ3) is 5.14. The van der Waals surface area contributed by atoms with E-state index >= 15 is 0 Å². The molecule has 3 N–H and O–H groups in total. The van der Waals surface area contributed by atoms with Gasteiger partial charge in [-0.2, -0.15) is 14.9 Å². The molecule has 5 heterocycles. The number of aliphatic hydroxyl groups excluding tert-OH is 1. The minimum Gasteiger partial charge on any atom is -0.393 e. The first-order valence-corrected chi connectivity index (χ1v) is 15.5. The van der Waals surface area contributed by atoms with Crippen LogP contribution in [0.2, 0.25) is 0 Å². The van der Waals surface area contributed by atoms with Crippen molar-refractivity contribution in [2.24, 2.45) is 12.9 Å². The van der Waals surface area contributed by atoms with E-state index in [0.29, 0.717) is 54.3 Å². The molecular weight excluding hydrogens is 617 g/mol. The van der Waals surface area contributed by atoms with Crippen LogP contribution in [0.5, 0.6) is 0 Å². The van der Waals surface area contributed by atoms with Crippen molar-refractivity contribution in [3.05, 3.63) is 47.3 Å². The van der Waals surface area contributed by atoms with Gasteiger partial charge in [0, 0.05) is 46.4 Å². The number of imidazole rings is 1. The van der Waals surface area contributed by atoms with Gasteiger partial charge in [-0.15, -0.1) is 13.2 Å². The van der Waals surface area contributed by atoms with Gasteiger partial charge in [-0.05, 0) is 64.0 Å². The van der Waals surface area contributed by atoms with Crippen LogP contribution in [0.1, 0.15) is 68.1 Å². The molecule has 3 aliphatic rings. The lowest BCUT2D eigenvalue weighted by molar-refractivity contribution is -0.212. The van der Waals surface area contributed by atoms with Crippen molar-refractivity contribution in [2.45, 2.75) is 81.9 Å². The summed E-state index contributed by atoms with van der Waals surface area (Å²) in [6, 6.07) is 4.20. The number of aromatic nitrogens is 8. The highest BCUT2D eigenvalue weighted by Crippen LogP contribution is 2.41. The van der Waals surface area contributed by atoms with E-state index < -0.39 is 30.6 Å². The molecule has 0 aromatic carbocycles. The molecule has 0 saturated heterocycles. The standard InChI is InChI=1S/C31H33F3N10O3/c1-30(39-28(46)16-3-4-16)8-7-18(12-30)43-22-11-25(35-14-23(22)41(2)29(43)47)37-24-6-5-21-26(38-24)27(44(40-21)19-9-20(45)10-19)17-13-36-42(15-17)31(32,33)34/h5-6,11,13-16,18-20,45H,3-4,7-10,12H2,1-2H3,(H,39,46)(H,35,37,38)/t18-,19?,20?,30+/m1/s1/i2D3. The third-order valence-electron chi connectivity index (χ3n) is 9.56. The molecule has 3 fully saturated rings. The topological polar surface area (TPSA) is 150 Å². The minimum absolute atomic E-state index is 0.00117. The van der Waals surface area contributed by atoms with E-state index in [0.717, 1.165) is 29.8 Å². The van der Waals surface area contributed by atoms with Gasteiger partial charge in [0.25, 0.3) is 0 Å². The smallest absolute Gasteiger partial charge is 0.393 e. The second-order valence-corrected chi connectivity index (χ2v) is 13.2. The number of hydrogen-bond acceptors (Lipinski definition) is 8. The fourth-order valence-corrected chi connectivity index (χ4v) is 6.88. The fraction of sp³-hybridized carbons (Fsp3) is 0.484. The van der Waals surface area contributed by atoms with E-state index in [1.165, 1.54) is 10.8 Å². The molecule has 16 heteroatoms. The van der Waals surface area contributed by atoms with Crippen LogP contribution in [0.3, 0.4) is 0 Å². The van der Waals surface area contributed by atoms with Gasteiger partial charge in [0.1, 0.15) is 22.7 Å². The molecule has 0 spiro atoms. The van der Waals surface area contributed by atoms with Gasteiger partial charge in [-0.25, -0.2) is 14.8 Å². The Kier molecular flexibility index (Phi) is 5.82. The molecule has 47 heavy (non-hydrogen) atoms. The Bertz CT molecular complexity index is 2210. The summed E-state index contributed by atoms with van der Waals surface area (Å²) in [5.41, 5.74) is 0.348. The van der Waals surface area contributed by atoms with Crippen LogP contribution in [-0.2, 0) is 18.1 Å². The number of hydrogen-bond donors (Lipinski definition) is 3. The summed E-state index contributed by atoms with van der Waals surface area (Å²) < 4.78 is 68.3. The molecule has 5 aromatic heterocycles. The first-order valence-electron chi connectivity index (χ1n) is 17.0. The number of nitrogens with zero attached hydrogens (tertiary/aromatic N) is 8. The quantitative estimate of drug-likeness (QED) is 0.236. The summed E-state index contributed by atoms with van der Waals surface area (Å²) in [4.78, 5) is 35.4. The minimum atomic E-state index is -4.73. The Morgan fingerprint density at radius 3 is 2.64 bits per heavy atom. The van der Waals surface area contributed by atoms with Crippen molar-refractivity contribution in [1.82, 2.24) is 44.0 Å². The molecular formula is C31H33F3N10O3. The maximum absolute atomic E-state index is 13.7. The van der Waals surface area contributed by atoms with Crippen LogP contribution in [0.15, 0.2) is 41.6 Å². The summed E-state index contributed by atoms with van der Waals surface area (Å²) in [5.74, 6) is 0.526. The molecule has 2 atom stereocenters. The number of amides is 1. The lowest BCUT2D eigenvalue weighted by atomic mass is 9.89. The molecule has 0 bridgehead atoms. The molecule has 1 amide bonds. The number of aryl methyl sites for hydroxylation is 1. The second-order valence-electron chi connectivity index (χ2n) is 13.2. The molecule has 3 saturated carbocycles. The summed E-state index contributed by atoms with van der Waals surface area (Å²) in [6.45, 7) is -0.839. The maximum atomic E-state index is 13.7. The molecule has 5 aromatic rings. The number of anilines is 2. The molecule has 0 unspecified atom stereocenters. The van der Waals surface area contributed by atoms with Crippen molar-refractivity contribution >= 4 is 39.6 Å². The van der Waals surface area contributed by atoms with Crippen LogP contribution >= 0.6 is 0 Å². The van der Waals surface area contributed by atoms with Gasteiger partial charge in [0.05, 0.1) is 41.3 Å². The van der Waals surface area contributed by atoms with Gasteiger partial charge in [0.15, 0.2) is 0 Å². The zero-order valence-corrected chi connectivity index (χ0v) is 25.2. The number of nitrogens with one attached hydrogen (secondary N) is 2. The number of aliphatic hydroxyl groups is 1. The van der Waals surface area contributed by atoms with Crippen molar-refractivity contribution < 1.29 is 27.2 Å². The number of carbonyl (C=O) groups is 1. The molecule has 0 aliphatic heterocycles.